The minimum absolute atomic E-state index is 0.000486. The Labute approximate surface area is 97.8 Å². The van der Waals surface area contributed by atoms with Gasteiger partial charge < -0.3 is 0 Å². The Hall–Kier alpha value is -1.31. The monoisotopic (exact) mass is 217 g/mol. The highest BCUT2D eigenvalue weighted by atomic mass is 15.1. The van der Waals surface area contributed by atoms with Crippen LogP contribution in [-0.2, 0) is 5.41 Å². The molecule has 0 fully saturated rings. The van der Waals surface area contributed by atoms with Gasteiger partial charge in [0.05, 0.1) is 12.5 Å². The van der Waals surface area contributed by atoms with Crippen LogP contribution in [0.5, 0.6) is 0 Å². The molecule has 2 nitrogen and oxygen atoms in total. The summed E-state index contributed by atoms with van der Waals surface area (Å²) in [5.74, 6) is 1.62. The molecule has 0 aliphatic carbocycles. The number of fused-ring (bicyclic) bond motifs is 1. The van der Waals surface area contributed by atoms with E-state index in [0.717, 1.165) is 12.3 Å². The first-order valence-electron chi connectivity index (χ1n) is 5.93. The minimum Gasteiger partial charge on any atom is -0.290 e. The quantitative estimate of drug-likeness (QED) is 0.758. The van der Waals surface area contributed by atoms with Gasteiger partial charge in [0, 0.05) is 5.56 Å². The molecule has 0 bridgehead atoms. The Balaban J connectivity index is 2.56. The lowest BCUT2D eigenvalue weighted by Gasteiger charge is -2.23. The van der Waals surface area contributed by atoms with Gasteiger partial charge in [-0.1, -0.05) is 32.0 Å². The summed E-state index contributed by atoms with van der Waals surface area (Å²) in [6.45, 7) is 6.75. The van der Waals surface area contributed by atoms with Gasteiger partial charge in [-0.05, 0) is 25.3 Å². The van der Waals surface area contributed by atoms with Gasteiger partial charge in [0.1, 0.15) is 5.69 Å². The molecule has 86 valence electrons. The molecule has 0 saturated heterocycles. The molecular weight excluding hydrogens is 196 g/mol. The summed E-state index contributed by atoms with van der Waals surface area (Å²) >= 11 is 0. The van der Waals surface area contributed by atoms with Crippen molar-refractivity contribution in [2.45, 2.75) is 32.6 Å². The summed E-state index contributed by atoms with van der Waals surface area (Å²) in [5.41, 5.74) is 8.91. The van der Waals surface area contributed by atoms with Crippen LogP contribution in [0.2, 0.25) is 0 Å². The average Bonchev–Trinajstić information content (AvgIpc) is 2.42. The van der Waals surface area contributed by atoms with Crippen LogP contribution in [0.25, 0.3) is 0 Å². The second-order valence-corrected chi connectivity index (χ2v) is 5.39. The maximum absolute atomic E-state index is 6.30. The van der Waals surface area contributed by atoms with Crippen LogP contribution in [-0.4, -0.2) is 17.5 Å². The van der Waals surface area contributed by atoms with Crippen LogP contribution < -0.4 is 5.73 Å². The number of nitrogens with zero attached hydrogens (tertiary/aromatic N) is 1. The third-order valence-electron chi connectivity index (χ3n) is 3.60. The second-order valence-electron chi connectivity index (χ2n) is 5.39. The van der Waals surface area contributed by atoms with Crippen molar-refractivity contribution in [2.24, 2.45) is 11.7 Å². The van der Waals surface area contributed by atoms with E-state index in [1.54, 1.807) is 0 Å². The fourth-order valence-corrected chi connectivity index (χ4v) is 2.90. The third kappa shape index (κ3) is 1.44. The summed E-state index contributed by atoms with van der Waals surface area (Å²) < 4.78 is 2.12. The topological polar surface area (TPSA) is 29.0 Å². The van der Waals surface area contributed by atoms with Crippen LogP contribution in [0.4, 0.5) is 5.69 Å². The maximum Gasteiger partial charge on any atom is 0.258 e. The fraction of sp³-hybridized carbons (Fsp3) is 0.500. The number of benzene rings is 1. The van der Waals surface area contributed by atoms with E-state index in [0.29, 0.717) is 5.92 Å². The highest BCUT2D eigenvalue weighted by molar-refractivity contribution is 5.92. The fourth-order valence-electron chi connectivity index (χ4n) is 2.90. The smallest absolute Gasteiger partial charge is 0.258 e. The summed E-state index contributed by atoms with van der Waals surface area (Å²) in [7, 11) is 2.06. The molecule has 0 aromatic heterocycles. The zero-order valence-corrected chi connectivity index (χ0v) is 10.6. The van der Waals surface area contributed by atoms with E-state index in [-0.39, 0.29) is 5.41 Å². The second kappa shape index (κ2) is 3.62. The molecule has 0 saturated carbocycles. The highest BCUT2D eigenvalue weighted by Gasteiger charge is 2.44. The standard InChI is InChI=1S/C14H20N2/c1-10(2)9-14(3)11-7-5-6-8-12(11)16(4)13(14)15/h5-8,10,15H,9H2,1-4H3/p+1. The van der Waals surface area contributed by atoms with Crippen LogP contribution in [0.1, 0.15) is 32.8 Å². The number of nitrogens with two attached hydrogens (primary N) is 1. The largest absolute Gasteiger partial charge is 0.290 e. The van der Waals surface area contributed by atoms with Gasteiger partial charge >= 0.3 is 0 Å². The first kappa shape index (κ1) is 11.2. The molecular formula is C14H21N2+. The van der Waals surface area contributed by atoms with E-state index >= 15 is 0 Å². The van der Waals surface area contributed by atoms with Gasteiger partial charge in [-0.3, -0.25) is 5.73 Å². The lowest BCUT2D eigenvalue weighted by Crippen LogP contribution is -2.39. The maximum atomic E-state index is 6.30. The molecule has 1 heterocycles. The Morgan fingerprint density at radius 2 is 1.94 bits per heavy atom. The number of hydrogen-bond acceptors (Lipinski definition) is 1. The predicted molar refractivity (Wildman–Crippen MR) is 68.3 cm³/mol. The first-order chi connectivity index (χ1) is 7.47. The number of hydrogen-bond donors (Lipinski definition) is 1. The number of para-hydroxylation sites is 1. The molecule has 1 unspecified atom stereocenters. The van der Waals surface area contributed by atoms with Gasteiger partial charge in [-0.15, -0.1) is 0 Å². The zero-order valence-electron chi connectivity index (χ0n) is 10.6. The predicted octanol–water partition coefficient (Wildman–Crippen LogP) is 2.64. The molecule has 0 amide bonds. The molecule has 0 spiro atoms. The van der Waals surface area contributed by atoms with Crippen molar-refractivity contribution in [2.75, 3.05) is 7.05 Å². The molecule has 1 atom stereocenters. The van der Waals surface area contributed by atoms with Crippen LogP contribution in [0, 0.1) is 5.92 Å². The van der Waals surface area contributed by atoms with Gasteiger partial charge in [-0.2, -0.15) is 0 Å². The normalized spacial score (nSPS) is 24.1. The van der Waals surface area contributed by atoms with Crippen molar-refractivity contribution in [3.8, 4) is 0 Å². The van der Waals surface area contributed by atoms with E-state index in [1.807, 2.05) is 0 Å². The SMILES string of the molecule is CC(C)CC1(C)C(N)=[N+](C)c2ccccc21. The van der Waals surface area contributed by atoms with Crippen molar-refractivity contribution in [1.29, 1.82) is 0 Å². The van der Waals surface area contributed by atoms with Crippen molar-refractivity contribution in [1.82, 2.24) is 0 Å². The van der Waals surface area contributed by atoms with Gasteiger partial charge in [0.2, 0.25) is 0 Å². The summed E-state index contributed by atoms with van der Waals surface area (Å²) in [5, 5.41) is 0. The van der Waals surface area contributed by atoms with Gasteiger partial charge in [0.15, 0.2) is 0 Å². The average molecular weight is 217 g/mol. The number of rotatable bonds is 2. The molecule has 2 heteroatoms. The van der Waals surface area contributed by atoms with Crippen LogP contribution in [0.3, 0.4) is 0 Å². The summed E-state index contributed by atoms with van der Waals surface area (Å²) in [4.78, 5) is 0. The van der Waals surface area contributed by atoms with E-state index < -0.39 is 0 Å². The van der Waals surface area contributed by atoms with E-state index in [9.17, 15) is 0 Å². The zero-order chi connectivity index (χ0) is 11.9. The van der Waals surface area contributed by atoms with E-state index in [1.165, 1.54) is 11.3 Å². The van der Waals surface area contributed by atoms with Gasteiger partial charge in [-0.25, -0.2) is 4.58 Å². The highest BCUT2D eigenvalue weighted by Crippen LogP contribution is 2.41. The Morgan fingerprint density at radius 3 is 2.56 bits per heavy atom. The lowest BCUT2D eigenvalue weighted by atomic mass is 9.76. The van der Waals surface area contributed by atoms with Crippen molar-refractivity contribution < 1.29 is 4.58 Å². The molecule has 16 heavy (non-hydrogen) atoms. The van der Waals surface area contributed by atoms with Gasteiger partial charge in [0.25, 0.3) is 5.84 Å². The van der Waals surface area contributed by atoms with E-state index in [2.05, 4.69) is 56.7 Å². The van der Waals surface area contributed by atoms with Crippen LogP contribution >= 0.6 is 0 Å². The molecule has 0 radical (unpaired) electrons. The molecule has 1 aliphatic rings. The Kier molecular flexibility index (Phi) is 2.53. The molecule has 2 N–H and O–H groups in total. The lowest BCUT2D eigenvalue weighted by molar-refractivity contribution is -0.403. The number of amidine groups is 1. The van der Waals surface area contributed by atoms with E-state index in [4.69, 9.17) is 5.73 Å². The van der Waals surface area contributed by atoms with Crippen molar-refractivity contribution in [3.63, 3.8) is 0 Å². The van der Waals surface area contributed by atoms with Crippen LogP contribution in [0.15, 0.2) is 24.3 Å². The van der Waals surface area contributed by atoms with Crippen molar-refractivity contribution >= 4 is 11.5 Å². The summed E-state index contributed by atoms with van der Waals surface area (Å²) in [6.07, 6.45) is 1.10. The minimum atomic E-state index is -0.000486. The van der Waals surface area contributed by atoms with Crippen molar-refractivity contribution in [3.05, 3.63) is 29.8 Å². The Bertz CT molecular complexity index is 446. The molecule has 1 aliphatic heterocycles. The molecule has 1 aromatic rings. The third-order valence-corrected chi connectivity index (χ3v) is 3.60. The Morgan fingerprint density at radius 1 is 1.31 bits per heavy atom. The summed E-state index contributed by atoms with van der Waals surface area (Å²) in [6, 6.07) is 8.52. The molecule has 2 rings (SSSR count). The first-order valence-corrected chi connectivity index (χ1v) is 5.93. The molecule has 1 aromatic carbocycles.